The largest absolute Gasteiger partial charge is 0.376 e. The maximum atomic E-state index is 5.55. The standard InChI is InChI=1S/C12H16O3/c1-2-4-11(5-3-1)8-14-10-12-9-13-6-7-15-12/h1-5,12H,6-10H2/t12-/m0/s1. The fourth-order valence-corrected chi connectivity index (χ4v) is 1.52. The molecule has 2 rings (SSSR count). The maximum absolute atomic E-state index is 5.55. The van der Waals surface area contributed by atoms with Gasteiger partial charge in [0.2, 0.25) is 0 Å². The van der Waals surface area contributed by atoms with Crippen molar-refractivity contribution in [2.75, 3.05) is 26.4 Å². The Hall–Kier alpha value is -0.900. The highest BCUT2D eigenvalue weighted by molar-refractivity contribution is 5.13. The lowest BCUT2D eigenvalue weighted by Gasteiger charge is -2.22. The number of hydrogen-bond acceptors (Lipinski definition) is 3. The molecular weight excluding hydrogens is 192 g/mol. The molecule has 0 amide bonds. The van der Waals surface area contributed by atoms with Crippen LogP contribution in [0.2, 0.25) is 0 Å². The molecule has 0 aliphatic carbocycles. The van der Waals surface area contributed by atoms with Gasteiger partial charge in [0.05, 0.1) is 33.0 Å². The third-order valence-corrected chi connectivity index (χ3v) is 2.30. The van der Waals surface area contributed by atoms with Crippen molar-refractivity contribution >= 4 is 0 Å². The second-order valence-electron chi connectivity index (χ2n) is 3.57. The van der Waals surface area contributed by atoms with Crippen molar-refractivity contribution in [3.05, 3.63) is 35.9 Å². The molecule has 0 aromatic heterocycles. The Bertz CT molecular complexity index is 267. The van der Waals surface area contributed by atoms with Crippen molar-refractivity contribution < 1.29 is 14.2 Å². The van der Waals surface area contributed by atoms with Crippen LogP contribution >= 0.6 is 0 Å². The van der Waals surface area contributed by atoms with Crippen molar-refractivity contribution in [2.24, 2.45) is 0 Å². The van der Waals surface area contributed by atoms with Gasteiger partial charge in [-0.15, -0.1) is 0 Å². The molecule has 1 saturated heterocycles. The van der Waals surface area contributed by atoms with Crippen LogP contribution in [0, 0.1) is 0 Å². The van der Waals surface area contributed by atoms with E-state index < -0.39 is 0 Å². The van der Waals surface area contributed by atoms with Gasteiger partial charge < -0.3 is 14.2 Å². The third kappa shape index (κ3) is 3.63. The highest BCUT2D eigenvalue weighted by atomic mass is 16.6. The number of rotatable bonds is 4. The highest BCUT2D eigenvalue weighted by Crippen LogP contribution is 2.04. The molecule has 0 N–H and O–H groups in total. The van der Waals surface area contributed by atoms with E-state index in [4.69, 9.17) is 14.2 Å². The van der Waals surface area contributed by atoms with Crippen molar-refractivity contribution in [1.82, 2.24) is 0 Å². The van der Waals surface area contributed by atoms with Gasteiger partial charge in [-0.1, -0.05) is 30.3 Å². The molecule has 3 heteroatoms. The van der Waals surface area contributed by atoms with E-state index in [1.54, 1.807) is 0 Å². The van der Waals surface area contributed by atoms with Gasteiger partial charge in [0, 0.05) is 0 Å². The molecule has 82 valence electrons. The Balaban J connectivity index is 1.66. The van der Waals surface area contributed by atoms with Crippen molar-refractivity contribution in [3.63, 3.8) is 0 Å². The summed E-state index contributed by atoms with van der Waals surface area (Å²) in [6, 6.07) is 10.1. The Morgan fingerprint density at radius 3 is 2.80 bits per heavy atom. The van der Waals surface area contributed by atoms with Crippen molar-refractivity contribution in [1.29, 1.82) is 0 Å². The molecule has 3 nitrogen and oxygen atoms in total. The van der Waals surface area contributed by atoms with Crippen LogP contribution in [0.4, 0.5) is 0 Å². The van der Waals surface area contributed by atoms with E-state index in [9.17, 15) is 0 Å². The zero-order chi connectivity index (χ0) is 10.3. The van der Waals surface area contributed by atoms with Gasteiger partial charge in [-0.05, 0) is 5.56 Å². The van der Waals surface area contributed by atoms with E-state index in [0.29, 0.717) is 33.0 Å². The topological polar surface area (TPSA) is 27.7 Å². The fraction of sp³-hybridized carbons (Fsp3) is 0.500. The van der Waals surface area contributed by atoms with Gasteiger partial charge in [0.25, 0.3) is 0 Å². The molecule has 0 saturated carbocycles. The van der Waals surface area contributed by atoms with E-state index >= 15 is 0 Å². The SMILES string of the molecule is c1ccc(COC[C@@H]2COCCO2)cc1. The Morgan fingerprint density at radius 1 is 1.20 bits per heavy atom. The predicted molar refractivity (Wildman–Crippen MR) is 56.7 cm³/mol. The summed E-state index contributed by atoms with van der Waals surface area (Å²) in [7, 11) is 0. The van der Waals surface area contributed by atoms with Gasteiger partial charge in [-0.3, -0.25) is 0 Å². The number of benzene rings is 1. The van der Waals surface area contributed by atoms with Crippen LogP contribution in [0.1, 0.15) is 5.56 Å². The zero-order valence-corrected chi connectivity index (χ0v) is 8.72. The zero-order valence-electron chi connectivity index (χ0n) is 8.72. The molecule has 1 heterocycles. The van der Waals surface area contributed by atoms with Crippen molar-refractivity contribution in [3.8, 4) is 0 Å². The van der Waals surface area contributed by atoms with E-state index in [0.717, 1.165) is 0 Å². The quantitative estimate of drug-likeness (QED) is 0.752. The van der Waals surface area contributed by atoms with E-state index in [-0.39, 0.29) is 6.10 Å². The molecule has 1 aromatic rings. The van der Waals surface area contributed by atoms with Crippen molar-refractivity contribution in [2.45, 2.75) is 12.7 Å². The van der Waals surface area contributed by atoms with Gasteiger partial charge >= 0.3 is 0 Å². The monoisotopic (exact) mass is 208 g/mol. The first-order valence-corrected chi connectivity index (χ1v) is 5.26. The average Bonchev–Trinajstić information content (AvgIpc) is 2.32. The fourth-order valence-electron chi connectivity index (χ4n) is 1.52. The van der Waals surface area contributed by atoms with Crippen LogP contribution in [-0.2, 0) is 20.8 Å². The number of hydrogen-bond donors (Lipinski definition) is 0. The lowest BCUT2D eigenvalue weighted by Crippen LogP contribution is -2.32. The third-order valence-electron chi connectivity index (χ3n) is 2.30. The molecule has 0 bridgehead atoms. The molecule has 15 heavy (non-hydrogen) atoms. The maximum Gasteiger partial charge on any atom is 0.104 e. The second kappa shape index (κ2) is 5.85. The summed E-state index contributed by atoms with van der Waals surface area (Å²) in [6.07, 6.45) is 0.0995. The molecule has 0 radical (unpaired) electrons. The summed E-state index contributed by atoms with van der Waals surface area (Å²) in [5.41, 5.74) is 1.19. The van der Waals surface area contributed by atoms with Crippen LogP contribution < -0.4 is 0 Å². The molecule has 1 aliphatic heterocycles. The molecule has 1 atom stereocenters. The van der Waals surface area contributed by atoms with Gasteiger partial charge in [-0.2, -0.15) is 0 Å². The van der Waals surface area contributed by atoms with Gasteiger partial charge in [0.1, 0.15) is 6.10 Å². The Morgan fingerprint density at radius 2 is 2.07 bits per heavy atom. The summed E-state index contributed by atoms with van der Waals surface area (Å²) in [4.78, 5) is 0. The first kappa shape index (κ1) is 10.6. The van der Waals surface area contributed by atoms with Crippen LogP contribution in [0.25, 0.3) is 0 Å². The second-order valence-corrected chi connectivity index (χ2v) is 3.57. The Labute approximate surface area is 90.0 Å². The lowest BCUT2D eigenvalue weighted by molar-refractivity contribution is -0.117. The van der Waals surface area contributed by atoms with Gasteiger partial charge in [0.15, 0.2) is 0 Å². The highest BCUT2D eigenvalue weighted by Gasteiger charge is 2.13. The normalized spacial score (nSPS) is 21.5. The molecule has 1 fully saturated rings. The minimum absolute atomic E-state index is 0.0995. The van der Waals surface area contributed by atoms with Crippen LogP contribution in [-0.4, -0.2) is 32.5 Å². The first-order chi connectivity index (χ1) is 7.45. The lowest BCUT2D eigenvalue weighted by atomic mass is 10.2. The average molecular weight is 208 g/mol. The summed E-state index contributed by atoms with van der Waals surface area (Å²) in [6.45, 7) is 3.28. The summed E-state index contributed by atoms with van der Waals surface area (Å²) < 4.78 is 16.3. The summed E-state index contributed by atoms with van der Waals surface area (Å²) >= 11 is 0. The van der Waals surface area contributed by atoms with Crippen LogP contribution in [0.15, 0.2) is 30.3 Å². The van der Waals surface area contributed by atoms with E-state index in [1.165, 1.54) is 5.56 Å². The number of ether oxygens (including phenoxy) is 3. The molecule has 0 spiro atoms. The minimum atomic E-state index is 0.0995. The summed E-state index contributed by atoms with van der Waals surface area (Å²) in [5, 5.41) is 0. The van der Waals surface area contributed by atoms with Gasteiger partial charge in [-0.25, -0.2) is 0 Å². The first-order valence-electron chi connectivity index (χ1n) is 5.26. The molecule has 1 aliphatic rings. The van der Waals surface area contributed by atoms with Crippen LogP contribution in [0.5, 0.6) is 0 Å². The molecule has 0 unspecified atom stereocenters. The predicted octanol–water partition coefficient (Wildman–Crippen LogP) is 1.62. The van der Waals surface area contributed by atoms with E-state index in [2.05, 4.69) is 12.1 Å². The summed E-state index contributed by atoms with van der Waals surface area (Å²) in [5.74, 6) is 0. The Kier molecular flexibility index (Phi) is 4.14. The molecular formula is C12H16O3. The molecule has 1 aromatic carbocycles. The van der Waals surface area contributed by atoms with Crippen LogP contribution in [0.3, 0.4) is 0 Å². The van der Waals surface area contributed by atoms with E-state index in [1.807, 2.05) is 18.2 Å². The smallest absolute Gasteiger partial charge is 0.104 e. The minimum Gasteiger partial charge on any atom is -0.376 e.